The van der Waals surface area contributed by atoms with Gasteiger partial charge in [-0.1, -0.05) is 12.1 Å². The number of hydrogen-bond donors (Lipinski definition) is 1. The summed E-state index contributed by atoms with van der Waals surface area (Å²) in [5, 5.41) is 2.57. The first-order chi connectivity index (χ1) is 10.4. The number of rotatable bonds is 7. The number of benzene rings is 1. The molecule has 1 fully saturated rings. The summed E-state index contributed by atoms with van der Waals surface area (Å²) >= 11 is 0. The van der Waals surface area contributed by atoms with Crippen LogP contribution in [0.3, 0.4) is 0 Å². The molecule has 0 bridgehead atoms. The van der Waals surface area contributed by atoms with E-state index in [0.717, 1.165) is 18.4 Å². The molecule has 1 heterocycles. The van der Waals surface area contributed by atoms with Crippen molar-refractivity contribution in [1.82, 2.24) is 5.32 Å². The maximum atomic E-state index is 12.7. The van der Waals surface area contributed by atoms with Gasteiger partial charge < -0.3 is 10.1 Å². The smallest absolute Gasteiger partial charge is 0.235 e. The molecule has 1 aromatic rings. The quantitative estimate of drug-likeness (QED) is 0.812. The highest BCUT2D eigenvalue weighted by molar-refractivity contribution is 7.92. The van der Waals surface area contributed by atoms with Crippen LogP contribution in [0.25, 0.3) is 0 Å². The fourth-order valence-corrected chi connectivity index (χ4v) is 3.81. The SMILES string of the molecule is O=C(CS(=O)(=O)C[C@H]1CCCO1)NCCc1ccc(F)cc1. The first-order valence-electron chi connectivity index (χ1n) is 7.28. The van der Waals surface area contributed by atoms with E-state index >= 15 is 0 Å². The molecule has 0 spiro atoms. The Morgan fingerprint density at radius 2 is 2.05 bits per heavy atom. The maximum absolute atomic E-state index is 12.7. The van der Waals surface area contributed by atoms with Crippen molar-refractivity contribution in [3.05, 3.63) is 35.6 Å². The zero-order valence-electron chi connectivity index (χ0n) is 12.3. The largest absolute Gasteiger partial charge is 0.377 e. The van der Waals surface area contributed by atoms with Crippen molar-refractivity contribution in [3.63, 3.8) is 0 Å². The van der Waals surface area contributed by atoms with E-state index in [0.29, 0.717) is 19.6 Å². The molecule has 2 rings (SSSR count). The average molecular weight is 329 g/mol. The Balaban J connectivity index is 1.71. The standard InChI is InChI=1S/C15H20FNO4S/c16-13-5-3-12(4-6-13)7-8-17-15(18)11-22(19,20)10-14-2-1-9-21-14/h3-6,14H,1-2,7-11H2,(H,17,18)/t14-/m1/s1. The Kier molecular flexibility index (Phi) is 5.90. The van der Waals surface area contributed by atoms with Crippen molar-refractivity contribution in [2.24, 2.45) is 0 Å². The zero-order valence-corrected chi connectivity index (χ0v) is 13.1. The molecule has 1 amide bonds. The van der Waals surface area contributed by atoms with Gasteiger partial charge in [0.25, 0.3) is 0 Å². The predicted octanol–water partition coefficient (Wildman–Crippen LogP) is 1.08. The van der Waals surface area contributed by atoms with E-state index in [1.54, 1.807) is 12.1 Å². The van der Waals surface area contributed by atoms with Crippen LogP contribution in [-0.4, -0.2) is 45.1 Å². The molecule has 5 nitrogen and oxygen atoms in total. The van der Waals surface area contributed by atoms with Crippen molar-refractivity contribution in [3.8, 4) is 0 Å². The van der Waals surface area contributed by atoms with E-state index in [2.05, 4.69) is 5.32 Å². The lowest BCUT2D eigenvalue weighted by Gasteiger charge is -2.10. The number of nitrogens with one attached hydrogen (secondary N) is 1. The molecular weight excluding hydrogens is 309 g/mol. The monoisotopic (exact) mass is 329 g/mol. The van der Waals surface area contributed by atoms with Crippen LogP contribution < -0.4 is 5.32 Å². The Bertz CT molecular complexity index is 594. The molecule has 1 aliphatic heterocycles. The Hall–Kier alpha value is -1.47. The molecule has 1 aromatic carbocycles. The van der Waals surface area contributed by atoms with Crippen LogP contribution in [0.15, 0.2) is 24.3 Å². The lowest BCUT2D eigenvalue weighted by Crippen LogP contribution is -2.34. The molecule has 22 heavy (non-hydrogen) atoms. The van der Waals surface area contributed by atoms with Gasteiger partial charge in [-0.05, 0) is 37.0 Å². The van der Waals surface area contributed by atoms with Crippen molar-refractivity contribution >= 4 is 15.7 Å². The minimum atomic E-state index is -3.45. The lowest BCUT2D eigenvalue weighted by molar-refractivity contribution is -0.118. The van der Waals surface area contributed by atoms with Crippen molar-refractivity contribution in [2.75, 3.05) is 24.7 Å². The van der Waals surface area contributed by atoms with Gasteiger partial charge >= 0.3 is 0 Å². The van der Waals surface area contributed by atoms with E-state index in [1.165, 1.54) is 12.1 Å². The summed E-state index contributed by atoms with van der Waals surface area (Å²) in [6.45, 7) is 0.907. The molecule has 0 aromatic heterocycles. The summed E-state index contributed by atoms with van der Waals surface area (Å²) in [6.07, 6.45) is 1.84. The molecule has 1 aliphatic rings. The molecule has 1 N–H and O–H groups in total. The van der Waals surface area contributed by atoms with E-state index in [-0.39, 0.29) is 17.7 Å². The summed E-state index contributed by atoms with van der Waals surface area (Å²) < 4.78 is 41.8. The van der Waals surface area contributed by atoms with Gasteiger partial charge in [0, 0.05) is 13.2 Å². The highest BCUT2D eigenvalue weighted by Crippen LogP contribution is 2.14. The zero-order chi connectivity index (χ0) is 16.0. The molecule has 0 aliphatic carbocycles. The van der Waals surface area contributed by atoms with E-state index in [9.17, 15) is 17.6 Å². The number of sulfone groups is 1. The highest BCUT2D eigenvalue weighted by atomic mass is 32.2. The van der Waals surface area contributed by atoms with Crippen LogP contribution in [0.2, 0.25) is 0 Å². The lowest BCUT2D eigenvalue weighted by atomic mass is 10.1. The second kappa shape index (κ2) is 7.69. The van der Waals surface area contributed by atoms with Crippen LogP contribution in [0, 0.1) is 5.82 Å². The third-order valence-corrected chi connectivity index (χ3v) is 5.05. The molecule has 7 heteroatoms. The summed E-state index contributed by atoms with van der Waals surface area (Å²) in [7, 11) is -3.45. The Labute approximate surface area is 129 Å². The topological polar surface area (TPSA) is 72.5 Å². The first kappa shape index (κ1) is 16.9. The molecule has 1 saturated heterocycles. The van der Waals surface area contributed by atoms with Crippen LogP contribution >= 0.6 is 0 Å². The summed E-state index contributed by atoms with van der Waals surface area (Å²) in [4.78, 5) is 11.7. The van der Waals surface area contributed by atoms with Gasteiger partial charge in [0.2, 0.25) is 5.91 Å². The fourth-order valence-electron chi connectivity index (χ4n) is 2.37. The minimum absolute atomic E-state index is 0.0988. The van der Waals surface area contributed by atoms with Gasteiger partial charge in [0.05, 0.1) is 11.9 Å². The molecule has 0 unspecified atom stereocenters. The number of carbonyl (C=O) groups is 1. The number of carbonyl (C=O) groups excluding carboxylic acids is 1. The normalized spacial score (nSPS) is 18.3. The first-order valence-corrected chi connectivity index (χ1v) is 9.10. The van der Waals surface area contributed by atoms with Crippen LogP contribution in [0.4, 0.5) is 4.39 Å². The van der Waals surface area contributed by atoms with Gasteiger partial charge in [0.15, 0.2) is 9.84 Å². The summed E-state index contributed by atoms with van der Waals surface area (Å²) in [6, 6.07) is 5.97. The van der Waals surface area contributed by atoms with Crippen molar-refractivity contribution in [1.29, 1.82) is 0 Å². The molecular formula is C15H20FNO4S. The molecule has 0 radical (unpaired) electrons. The number of hydrogen-bond acceptors (Lipinski definition) is 4. The number of halogens is 1. The second-order valence-electron chi connectivity index (χ2n) is 5.42. The van der Waals surface area contributed by atoms with Crippen molar-refractivity contribution in [2.45, 2.75) is 25.4 Å². The summed E-state index contributed by atoms with van der Waals surface area (Å²) in [5.74, 6) is -1.44. The highest BCUT2D eigenvalue weighted by Gasteiger charge is 2.25. The number of ether oxygens (including phenoxy) is 1. The van der Waals surface area contributed by atoms with Crippen molar-refractivity contribution < 1.29 is 22.3 Å². The van der Waals surface area contributed by atoms with E-state index in [1.807, 2.05) is 0 Å². The van der Waals surface area contributed by atoms with Gasteiger partial charge in [-0.3, -0.25) is 4.79 Å². The van der Waals surface area contributed by atoms with Gasteiger partial charge in [0.1, 0.15) is 11.6 Å². The molecule has 122 valence electrons. The van der Waals surface area contributed by atoms with E-state index in [4.69, 9.17) is 4.74 Å². The predicted molar refractivity (Wildman–Crippen MR) is 80.7 cm³/mol. The van der Waals surface area contributed by atoms with Gasteiger partial charge in [-0.2, -0.15) is 0 Å². The maximum Gasteiger partial charge on any atom is 0.235 e. The average Bonchev–Trinajstić information content (AvgIpc) is 2.92. The van der Waals surface area contributed by atoms with Gasteiger partial charge in [-0.15, -0.1) is 0 Å². The summed E-state index contributed by atoms with van der Waals surface area (Å²) in [5.41, 5.74) is 0.879. The minimum Gasteiger partial charge on any atom is -0.377 e. The Morgan fingerprint density at radius 3 is 2.68 bits per heavy atom. The van der Waals surface area contributed by atoms with Crippen LogP contribution in [0.1, 0.15) is 18.4 Å². The molecule has 1 atom stereocenters. The molecule has 0 saturated carbocycles. The third-order valence-electron chi connectivity index (χ3n) is 3.46. The fraction of sp³-hybridized carbons (Fsp3) is 0.533. The Morgan fingerprint density at radius 1 is 1.32 bits per heavy atom. The van der Waals surface area contributed by atoms with E-state index < -0.39 is 21.5 Å². The van der Waals surface area contributed by atoms with Gasteiger partial charge in [-0.25, -0.2) is 12.8 Å². The second-order valence-corrected chi connectivity index (χ2v) is 7.53. The third kappa shape index (κ3) is 5.73. The van der Waals surface area contributed by atoms with Crippen LogP contribution in [-0.2, 0) is 25.8 Å². The number of amides is 1. The van der Waals surface area contributed by atoms with Crippen LogP contribution in [0.5, 0.6) is 0 Å².